The number of aromatic nitrogens is 1. The first kappa shape index (κ1) is 9.78. The Bertz CT molecular complexity index is 398. The average Bonchev–Trinajstić information content (AvgIpc) is 2.91. The lowest BCUT2D eigenvalue weighted by atomic mass is 9.86. The van der Waals surface area contributed by atoms with Gasteiger partial charge in [-0.1, -0.05) is 0 Å². The second kappa shape index (κ2) is 3.56. The topological polar surface area (TPSA) is 45.2 Å². The predicted octanol–water partition coefficient (Wildman–Crippen LogP) is 0.798. The molecule has 2 aliphatic rings. The number of hydrogen-bond acceptors (Lipinski definition) is 3. The second-order valence-electron chi connectivity index (χ2n) is 4.63. The molecule has 4 nitrogen and oxygen atoms in total. The summed E-state index contributed by atoms with van der Waals surface area (Å²) in [5.41, 5.74) is 0.798. The summed E-state index contributed by atoms with van der Waals surface area (Å²) in [5.74, 6) is 0.269. The molecule has 1 aromatic heterocycles. The minimum atomic E-state index is -0.129. The maximum absolute atomic E-state index is 12.4. The third kappa shape index (κ3) is 1.33. The van der Waals surface area contributed by atoms with Gasteiger partial charge in [-0.3, -0.25) is 9.78 Å². The highest BCUT2D eigenvalue weighted by atomic mass is 16.2. The van der Waals surface area contributed by atoms with Crippen LogP contribution in [-0.4, -0.2) is 30.5 Å². The van der Waals surface area contributed by atoms with E-state index >= 15 is 0 Å². The normalized spacial score (nSPS) is 29.2. The summed E-state index contributed by atoms with van der Waals surface area (Å²) in [4.78, 5) is 18.3. The molecular formula is C12H15N3O. The molecule has 1 aromatic rings. The van der Waals surface area contributed by atoms with Crippen molar-refractivity contribution in [3.63, 3.8) is 0 Å². The quantitative estimate of drug-likeness (QED) is 0.756. The molecule has 3 rings (SSSR count). The van der Waals surface area contributed by atoms with Gasteiger partial charge < -0.3 is 10.2 Å². The molecule has 16 heavy (non-hydrogen) atoms. The number of nitrogens with zero attached hydrogens (tertiary/aromatic N) is 2. The molecule has 0 bridgehead atoms. The van der Waals surface area contributed by atoms with Crippen LogP contribution in [0.4, 0.5) is 5.69 Å². The van der Waals surface area contributed by atoms with Crippen molar-refractivity contribution in [2.24, 2.45) is 5.41 Å². The van der Waals surface area contributed by atoms with Crippen LogP contribution in [0, 0.1) is 5.41 Å². The Kier molecular flexibility index (Phi) is 2.17. The number of anilines is 1. The third-order valence-corrected chi connectivity index (χ3v) is 3.71. The van der Waals surface area contributed by atoms with Gasteiger partial charge in [0.2, 0.25) is 5.91 Å². The highest BCUT2D eigenvalue weighted by Gasteiger charge is 2.48. The number of rotatable bonds is 1. The van der Waals surface area contributed by atoms with E-state index in [9.17, 15) is 4.79 Å². The van der Waals surface area contributed by atoms with Crippen LogP contribution in [0.15, 0.2) is 24.5 Å². The Morgan fingerprint density at radius 1 is 1.44 bits per heavy atom. The molecule has 1 unspecified atom stereocenters. The van der Waals surface area contributed by atoms with E-state index in [0.717, 1.165) is 38.2 Å². The first-order valence-corrected chi connectivity index (χ1v) is 5.75. The van der Waals surface area contributed by atoms with E-state index in [4.69, 9.17) is 0 Å². The van der Waals surface area contributed by atoms with Gasteiger partial charge in [-0.2, -0.15) is 0 Å². The summed E-state index contributed by atoms with van der Waals surface area (Å²) in [5, 5.41) is 3.29. The molecule has 0 aromatic carbocycles. The second-order valence-corrected chi connectivity index (χ2v) is 4.63. The van der Waals surface area contributed by atoms with Crippen molar-refractivity contribution >= 4 is 11.6 Å². The fourth-order valence-corrected chi connectivity index (χ4v) is 2.72. The molecule has 1 amide bonds. The van der Waals surface area contributed by atoms with Crippen LogP contribution >= 0.6 is 0 Å². The van der Waals surface area contributed by atoms with Crippen LogP contribution in [0.2, 0.25) is 0 Å². The first-order chi connectivity index (χ1) is 7.82. The standard InChI is InChI=1S/C12H15N3O/c16-11-12(3-6-14-9-12)4-7-15(11)10-2-1-5-13-8-10/h1-2,5,8,14H,3-4,6-7,9H2. The molecule has 1 spiro atoms. The van der Waals surface area contributed by atoms with Gasteiger partial charge in [0.25, 0.3) is 0 Å². The average molecular weight is 217 g/mol. The summed E-state index contributed by atoms with van der Waals surface area (Å²) in [7, 11) is 0. The van der Waals surface area contributed by atoms with E-state index in [-0.39, 0.29) is 11.3 Å². The van der Waals surface area contributed by atoms with Gasteiger partial charge in [0.1, 0.15) is 0 Å². The number of carbonyl (C=O) groups excluding carboxylic acids is 1. The van der Waals surface area contributed by atoms with Crippen molar-refractivity contribution in [3.8, 4) is 0 Å². The molecule has 2 fully saturated rings. The van der Waals surface area contributed by atoms with Crippen LogP contribution in [0.3, 0.4) is 0 Å². The van der Waals surface area contributed by atoms with E-state index in [0.29, 0.717) is 0 Å². The van der Waals surface area contributed by atoms with Gasteiger partial charge in [0.15, 0.2) is 0 Å². The Morgan fingerprint density at radius 3 is 3.06 bits per heavy atom. The molecule has 2 saturated heterocycles. The molecule has 2 aliphatic heterocycles. The maximum atomic E-state index is 12.4. The number of carbonyl (C=O) groups is 1. The lowest BCUT2D eigenvalue weighted by Crippen LogP contribution is -2.36. The van der Waals surface area contributed by atoms with Crippen molar-refractivity contribution in [2.45, 2.75) is 12.8 Å². The summed E-state index contributed by atoms with van der Waals surface area (Å²) < 4.78 is 0. The van der Waals surface area contributed by atoms with Crippen LogP contribution in [0.5, 0.6) is 0 Å². The Morgan fingerprint density at radius 2 is 2.38 bits per heavy atom. The maximum Gasteiger partial charge on any atom is 0.234 e. The molecule has 1 N–H and O–H groups in total. The Hall–Kier alpha value is -1.42. The first-order valence-electron chi connectivity index (χ1n) is 5.75. The van der Waals surface area contributed by atoms with Crippen molar-refractivity contribution in [2.75, 3.05) is 24.5 Å². The molecule has 0 aliphatic carbocycles. The number of pyridine rings is 1. The molecule has 0 radical (unpaired) electrons. The van der Waals surface area contributed by atoms with E-state index < -0.39 is 0 Å². The van der Waals surface area contributed by atoms with Crippen molar-refractivity contribution < 1.29 is 4.79 Å². The van der Waals surface area contributed by atoms with Crippen LogP contribution in [0.1, 0.15) is 12.8 Å². The Labute approximate surface area is 94.7 Å². The van der Waals surface area contributed by atoms with Crippen molar-refractivity contribution in [1.29, 1.82) is 0 Å². The van der Waals surface area contributed by atoms with Crippen molar-refractivity contribution in [3.05, 3.63) is 24.5 Å². The van der Waals surface area contributed by atoms with Crippen LogP contribution in [0.25, 0.3) is 0 Å². The summed E-state index contributed by atoms with van der Waals surface area (Å²) in [6.45, 7) is 2.63. The van der Waals surface area contributed by atoms with E-state index in [1.165, 1.54) is 0 Å². The summed E-state index contributed by atoms with van der Waals surface area (Å²) in [6.07, 6.45) is 5.44. The lowest BCUT2D eigenvalue weighted by molar-refractivity contribution is -0.124. The molecule has 1 atom stereocenters. The molecule has 84 valence electrons. The molecule has 0 saturated carbocycles. The highest BCUT2D eigenvalue weighted by molar-refractivity contribution is 6.00. The zero-order valence-electron chi connectivity index (χ0n) is 9.15. The van der Waals surface area contributed by atoms with E-state index in [1.807, 2.05) is 17.0 Å². The van der Waals surface area contributed by atoms with Crippen LogP contribution < -0.4 is 10.2 Å². The summed E-state index contributed by atoms with van der Waals surface area (Å²) in [6, 6.07) is 3.83. The molecular weight excluding hydrogens is 202 g/mol. The Balaban J connectivity index is 1.88. The predicted molar refractivity (Wildman–Crippen MR) is 61.1 cm³/mol. The molecule has 3 heterocycles. The van der Waals surface area contributed by atoms with Gasteiger partial charge in [-0.05, 0) is 31.5 Å². The SMILES string of the molecule is O=C1N(c2cccnc2)CCC12CCNC2. The van der Waals surface area contributed by atoms with Gasteiger partial charge in [-0.15, -0.1) is 0 Å². The largest absolute Gasteiger partial charge is 0.316 e. The zero-order chi connectivity index (χ0) is 11.0. The van der Waals surface area contributed by atoms with Crippen LogP contribution in [-0.2, 0) is 4.79 Å². The monoisotopic (exact) mass is 217 g/mol. The number of nitrogens with one attached hydrogen (secondary N) is 1. The minimum Gasteiger partial charge on any atom is -0.316 e. The van der Waals surface area contributed by atoms with E-state index in [1.54, 1.807) is 12.4 Å². The molecule has 4 heteroatoms. The minimum absolute atomic E-state index is 0.129. The van der Waals surface area contributed by atoms with Gasteiger partial charge in [0.05, 0.1) is 17.3 Å². The smallest absolute Gasteiger partial charge is 0.234 e. The summed E-state index contributed by atoms with van der Waals surface area (Å²) >= 11 is 0. The third-order valence-electron chi connectivity index (χ3n) is 3.71. The number of hydrogen-bond donors (Lipinski definition) is 1. The van der Waals surface area contributed by atoms with Crippen molar-refractivity contribution in [1.82, 2.24) is 10.3 Å². The van der Waals surface area contributed by atoms with Gasteiger partial charge >= 0.3 is 0 Å². The van der Waals surface area contributed by atoms with E-state index in [2.05, 4.69) is 10.3 Å². The lowest BCUT2D eigenvalue weighted by Gasteiger charge is -2.21. The van der Waals surface area contributed by atoms with Gasteiger partial charge in [0, 0.05) is 19.3 Å². The van der Waals surface area contributed by atoms with Gasteiger partial charge in [-0.25, -0.2) is 0 Å². The highest BCUT2D eigenvalue weighted by Crippen LogP contribution is 2.39. The fraction of sp³-hybridized carbons (Fsp3) is 0.500. The fourth-order valence-electron chi connectivity index (χ4n) is 2.72. The number of amides is 1. The zero-order valence-corrected chi connectivity index (χ0v) is 9.15.